The first-order chi connectivity index (χ1) is 11.5. The molecule has 0 aliphatic heterocycles. The highest BCUT2D eigenvalue weighted by Crippen LogP contribution is 2.16. The average Bonchev–Trinajstić information content (AvgIpc) is 2.51. The Balaban J connectivity index is 1.87. The largest absolute Gasteiger partial charge is 0.507 e. The first-order valence-electron chi connectivity index (χ1n) is 7.17. The lowest BCUT2D eigenvalue weighted by Gasteiger charge is -2.01. The summed E-state index contributed by atoms with van der Waals surface area (Å²) in [5.74, 6) is 0.155. The maximum Gasteiger partial charge on any atom is 0.355 e. The van der Waals surface area contributed by atoms with E-state index in [0.717, 1.165) is 11.1 Å². The van der Waals surface area contributed by atoms with Gasteiger partial charge < -0.3 is 10.2 Å². The van der Waals surface area contributed by atoms with Crippen LogP contribution in [0.3, 0.4) is 0 Å². The van der Waals surface area contributed by atoms with Crippen molar-refractivity contribution in [2.45, 2.75) is 13.8 Å². The Morgan fingerprint density at radius 2 is 1.29 bits per heavy atom. The monoisotopic (exact) mass is 326 g/mol. The van der Waals surface area contributed by atoms with Gasteiger partial charge in [0.2, 0.25) is 0 Å². The Hall–Kier alpha value is -3.35. The van der Waals surface area contributed by atoms with Gasteiger partial charge in [-0.2, -0.15) is 10.2 Å². The Morgan fingerprint density at radius 3 is 1.67 bits per heavy atom. The number of phenolic OH excluding ortho intramolecular Hbond substituents is 2. The SMILES string of the molecule is Cc1ccc(C=NNC(=O)NN=Cc2ccc(C)cc2O)c(O)c1. The van der Waals surface area contributed by atoms with Gasteiger partial charge in [-0.05, 0) is 49.2 Å². The fourth-order valence-electron chi connectivity index (χ4n) is 1.87. The number of urea groups is 1. The number of amides is 2. The smallest absolute Gasteiger partial charge is 0.355 e. The lowest BCUT2D eigenvalue weighted by Crippen LogP contribution is -2.28. The second-order valence-corrected chi connectivity index (χ2v) is 5.19. The highest BCUT2D eigenvalue weighted by Gasteiger charge is 2.00. The highest BCUT2D eigenvalue weighted by atomic mass is 16.3. The molecule has 0 aliphatic rings. The van der Waals surface area contributed by atoms with E-state index in [9.17, 15) is 15.0 Å². The number of hydrogen-bond acceptors (Lipinski definition) is 5. The summed E-state index contributed by atoms with van der Waals surface area (Å²) in [4.78, 5) is 11.5. The van der Waals surface area contributed by atoms with Crippen molar-refractivity contribution in [2.24, 2.45) is 10.2 Å². The van der Waals surface area contributed by atoms with Gasteiger partial charge in [-0.25, -0.2) is 15.6 Å². The summed E-state index contributed by atoms with van der Waals surface area (Å²) in [6, 6.07) is 9.55. The van der Waals surface area contributed by atoms with Crippen LogP contribution in [0.15, 0.2) is 46.6 Å². The van der Waals surface area contributed by atoms with Gasteiger partial charge in [0.1, 0.15) is 11.5 Å². The molecule has 2 amide bonds. The van der Waals surface area contributed by atoms with Gasteiger partial charge in [0.15, 0.2) is 0 Å². The second-order valence-electron chi connectivity index (χ2n) is 5.19. The van der Waals surface area contributed by atoms with Crippen LogP contribution in [0.25, 0.3) is 0 Å². The van der Waals surface area contributed by atoms with E-state index in [2.05, 4.69) is 21.1 Å². The van der Waals surface area contributed by atoms with Gasteiger partial charge >= 0.3 is 6.03 Å². The molecule has 7 heteroatoms. The molecule has 0 atom stereocenters. The molecule has 124 valence electrons. The standard InChI is InChI=1S/C17H18N4O3/c1-11-3-5-13(15(22)7-11)9-18-20-17(24)21-19-10-14-6-4-12(2)8-16(14)23/h3-10,22-23H,1-2H3,(H2,20,21,24). The van der Waals surface area contributed by atoms with Gasteiger partial charge in [-0.1, -0.05) is 12.1 Å². The lowest BCUT2D eigenvalue weighted by atomic mass is 10.1. The zero-order chi connectivity index (χ0) is 17.5. The third-order valence-corrected chi connectivity index (χ3v) is 3.11. The van der Waals surface area contributed by atoms with Gasteiger partial charge in [-0.3, -0.25) is 0 Å². The van der Waals surface area contributed by atoms with E-state index in [0.29, 0.717) is 11.1 Å². The molecule has 0 radical (unpaired) electrons. The van der Waals surface area contributed by atoms with Crippen LogP contribution >= 0.6 is 0 Å². The van der Waals surface area contributed by atoms with Crippen LogP contribution in [0, 0.1) is 13.8 Å². The zero-order valence-corrected chi connectivity index (χ0v) is 13.3. The number of aryl methyl sites for hydroxylation is 2. The molecule has 0 heterocycles. The minimum absolute atomic E-state index is 0.0776. The molecule has 4 N–H and O–H groups in total. The lowest BCUT2D eigenvalue weighted by molar-refractivity contribution is 0.242. The Bertz CT molecular complexity index is 735. The summed E-state index contributed by atoms with van der Waals surface area (Å²) >= 11 is 0. The number of nitrogens with zero attached hydrogens (tertiary/aromatic N) is 2. The van der Waals surface area contributed by atoms with Crippen molar-refractivity contribution in [1.82, 2.24) is 10.9 Å². The highest BCUT2D eigenvalue weighted by molar-refractivity contribution is 5.86. The van der Waals surface area contributed by atoms with Crippen molar-refractivity contribution < 1.29 is 15.0 Å². The summed E-state index contributed by atoms with van der Waals surface area (Å²) in [5.41, 5.74) is 7.23. The maximum absolute atomic E-state index is 11.5. The molecule has 0 saturated heterocycles. The molecule has 0 fully saturated rings. The van der Waals surface area contributed by atoms with Crippen molar-refractivity contribution in [3.05, 3.63) is 58.7 Å². The number of hydrazone groups is 2. The predicted molar refractivity (Wildman–Crippen MR) is 92.5 cm³/mol. The summed E-state index contributed by atoms with van der Waals surface area (Å²) in [5, 5.41) is 26.8. The third kappa shape index (κ3) is 4.84. The number of benzene rings is 2. The molecular weight excluding hydrogens is 308 g/mol. The predicted octanol–water partition coefficient (Wildman–Crippen LogP) is 2.38. The average molecular weight is 326 g/mol. The number of carbonyl (C=O) groups is 1. The van der Waals surface area contributed by atoms with E-state index in [1.165, 1.54) is 12.4 Å². The summed E-state index contributed by atoms with van der Waals surface area (Å²) < 4.78 is 0. The van der Waals surface area contributed by atoms with Crippen molar-refractivity contribution in [3.8, 4) is 11.5 Å². The van der Waals surface area contributed by atoms with Crippen LogP contribution in [0.5, 0.6) is 11.5 Å². The number of carbonyl (C=O) groups excluding carboxylic acids is 1. The number of nitrogens with one attached hydrogen (secondary N) is 2. The molecule has 24 heavy (non-hydrogen) atoms. The molecular formula is C17H18N4O3. The van der Waals surface area contributed by atoms with Crippen LogP contribution in [0.4, 0.5) is 4.79 Å². The van der Waals surface area contributed by atoms with Gasteiger partial charge in [0.05, 0.1) is 12.4 Å². The molecule has 0 bridgehead atoms. The number of aromatic hydroxyl groups is 2. The van der Waals surface area contributed by atoms with Crippen molar-refractivity contribution >= 4 is 18.5 Å². The van der Waals surface area contributed by atoms with Crippen molar-refractivity contribution in [1.29, 1.82) is 0 Å². The molecule has 0 aliphatic carbocycles. The Labute approximate surface area is 139 Å². The third-order valence-electron chi connectivity index (χ3n) is 3.11. The zero-order valence-electron chi connectivity index (χ0n) is 13.3. The van der Waals surface area contributed by atoms with Crippen molar-refractivity contribution in [2.75, 3.05) is 0 Å². The quantitative estimate of drug-likeness (QED) is 0.512. The van der Waals surface area contributed by atoms with Crippen LogP contribution in [0.2, 0.25) is 0 Å². The van der Waals surface area contributed by atoms with Crippen molar-refractivity contribution in [3.63, 3.8) is 0 Å². The molecule has 2 aromatic rings. The molecule has 0 aromatic heterocycles. The number of rotatable bonds is 4. The molecule has 2 rings (SSSR count). The first kappa shape index (κ1) is 17.0. The van der Waals surface area contributed by atoms with E-state index in [1.807, 2.05) is 26.0 Å². The second kappa shape index (κ2) is 7.77. The maximum atomic E-state index is 11.5. The fraction of sp³-hybridized carbons (Fsp3) is 0.118. The van der Waals surface area contributed by atoms with E-state index in [1.54, 1.807) is 24.3 Å². The topological polar surface area (TPSA) is 106 Å². The van der Waals surface area contributed by atoms with Crippen LogP contribution in [-0.4, -0.2) is 28.7 Å². The number of hydrogen-bond donors (Lipinski definition) is 4. The normalized spacial score (nSPS) is 11.1. The van der Waals surface area contributed by atoms with E-state index < -0.39 is 6.03 Å². The van der Waals surface area contributed by atoms with Gasteiger partial charge in [0, 0.05) is 11.1 Å². The Morgan fingerprint density at radius 1 is 0.875 bits per heavy atom. The molecule has 0 spiro atoms. The number of phenols is 2. The summed E-state index contributed by atoms with van der Waals surface area (Å²) in [6.07, 6.45) is 2.65. The van der Waals surface area contributed by atoms with E-state index in [-0.39, 0.29) is 11.5 Å². The van der Waals surface area contributed by atoms with Crippen LogP contribution in [0.1, 0.15) is 22.3 Å². The van der Waals surface area contributed by atoms with Crippen LogP contribution < -0.4 is 10.9 Å². The Kier molecular flexibility index (Phi) is 5.51. The van der Waals surface area contributed by atoms with E-state index in [4.69, 9.17) is 0 Å². The molecule has 0 saturated carbocycles. The molecule has 0 unspecified atom stereocenters. The molecule has 2 aromatic carbocycles. The molecule has 7 nitrogen and oxygen atoms in total. The summed E-state index contributed by atoms with van der Waals surface area (Å²) in [6.45, 7) is 3.71. The minimum atomic E-state index is -0.652. The van der Waals surface area contributed by atoms with Crippen LogP contribution in [-0.2, 0) is 0 Å². The summed E-state index contributed by atoms with van der Waals surface area (Å²) in [7, 11) is 0. The first-order valence-corrected chi connectivity index (χ1v) is 7.17. The minimum Gasteiger partial charge on any atom is -0.507 e. The van der Waals surface area contributed by atoms with Gasteiger partial charge in [-0.15, -0.1) is 0 Å². The fourth-order valence-corrected chi connectivity index (χ4v) is 1.87. The van der Waals surface area contributed by atoms with Gasteiger partial charge in [0.25, 0.3) is 0 Å². The van der Waals surface area contributed by atoms with E-state index >= 15 is 0 Å².